The number of nitrogens with one attached hydrogen (secondary N) is 1. The van der Waals surface area contributed by atoms with Crippen molar-refractivity contribution < 1.29 is 8.42 Å². The predicted molar refractivity (Wildman–Crippen MR) is 79.7 cm³/mol. The first-order valence-corrected chi connectivity index (χ1v) is 7.73. The van der Waals surface area contributed by atoms with Gasteiger partial charge in [-0.05, 0) is 31.5 Å². The second-order valence-electron chi connectivity index (χ2n) is 4.58. The van der Waals surface area contributed by atoms with Gasteiger partial charge in [0.2, 0.25) is 10.0 Å². The molecule has 108 valence electrons. The van der Waals surface area contributed by atoms with Crippen LogP contribution in [0.25, 0.3) is 0 Å². The first-order valence-electron chi connectivity index (χ1n) is 5.91. The van der Waals surface area contributed by atoms with Gasteiger partial charge in [-0.15, -0.1) is 12.4 Å². The topological polar surface area (TPSA) is 49.4 Å². The highest BCUT2D eigenvalue weighted by Gasteiger charge is 2.29. The first kappa shape index (κ1) is 16.7. The molecule has 1 heterocycles. The van der Waals surface area contributed by atoms with Gasteiger partial charge < -0.3 is 5.32 Å². The summed E-state index contributed by atoms with van der Waals surface area (Å²) in [5, 5.41) is 3.71. The summed E-state index contributed by atoms with van der Waals surface area (Å²) in [6, 6.07) is 5.17. The summed E-state index contributed by atoms with van der Waals surface area (Å²) >= 11 is 5.99. The first-order chi connectivity index (χ1) is 8.43. The van der Waals surface area contributed by atoms with Gasteiger partial charge in [-0.3, -0.25) is 0 Å². The minimum atomic E-state index is -3.44. The summed E-state index contributed by atoms with van der Waals surface area (Å²) < 4.78 is 26.6. The summed E-state index contributed by atoms with van der Waals surface area (Å²) in [7, 11) is -3.44. The van der Waals surface area contributed by atoms with Crippen molar-refractivity contribution >= 4 is 34.0 Å². The fraction of sp³-hybridized carbons (Fsp3) is 0.500. The van der Waals surface area contributed by atoms with Crippen LogP contribution in [0.3, 0.4) is 0 Å². The number of piperazine rings is 1. The molecule has 0 aromatic heterocycles. The average Bonchev–Trinajstić information content (AvgIpc) is 2.32. The zero-order valence-corrected chi connectivity index (χ0v) is 13.3. The second kappa shape index (κ2) is 6.41. The smallest absolute Gasteiger partial charge is 0.243 e. The number of rotatable bonds is 2. The lowest BCUT2D eigenvalue weighted by molar-refractivity contribution is 0.310. The standard InChI is InChI=1S/C12H17ClN2O2S.ClH/c1-9-8-15(7-6-14-9)18(16,17)12-5-3-4-11(13)10(12)2;/h3-5,9,14H,6-8H2,1-2H3;1H/t9-;/m1./s1. The van der Waals surface area contributed by atoms with E-state index in [0.29, 0.717) is 35.1 Å². The van der Waals surface area contributed by atoms with E-state index in [4.69, 9.17) is 11.6 Å². The van der Waals surface area contributed by atoms with Crippen LogP contribution in [0.15, 0.2) is 23.1 Å². The molecular formula is C12H18Cl2N2O2S. The van der Waals surface area contributed by atoms with Crippen molar-refractivity contribution in [1.29, 1.82) is 0 Å². The second-order valence-corrected chi connectivity index (χ2v) is 6.89. The Labute approximate surface area is 125 Å². The van der Waals surface area contributed by atoms with Crippen LogP contribution in [-0.4, -0.2) is 38.4 Å². The molecule has 2 rings (SSSR count). The highest BCUT2D eigenvalue weighted by atomic mass is 35.5. The van der Waals surface area contributed by atoms with Crippen molar-refractivity contribution in [3.63, 3.8) is 0 Å². The van der Waals surface area contributed by atoms with Crippen LogP contribution < -0.4 is 5.32 Å². The van der Waals surface area contributed by atoms with Gasteiger partial charge in [-0.2, -0.15) is 4.31 Å². The van der Waals surface area contributed by atoms with Crippen LogP contribution in [0, 0.1) is 6.92 Å². The molecule has 1 aliphatic heterocycles. The van der Waals surface area contributed by atoms with Crippen molar-refractivity contribution in [1.82, 2.24) is 9.62 Å². The predicted octanol–water partition coefficient (Wildman–Crippen LogP) is 2.05. The number of nitrogens with zero attached hydrogens (tertiary/aromatic N) is 1. The van der Waals surface area contributed by atoms with Crippen molar-refractivity contribution in [2.75, 3.05) is 19.6 Å². The minimum Gasteiger partial charge on any atom is -0.312 e. The van der Waals surface area contributed by atoms with Gasteiger partial charge in [-0.25, -0.2) is 8.42 Å². The molecule has 7 heteroatoms. The highest BCUT2D eigenvalue weighted by molar-refractivity contribution is 7.89. The highest BCUT2D eigenvalue weighted by Crippen LogP contribution is 2.26. The molecule has 0 aliphatic carbocycles. The summed E-state index contributed by atoms with van der Waals surface area (Å²) in [6.45, 7) is 5.39. The van der Waals surface area contributed by atoms with Crippen LogP contribution in [0.1, 0.15) is 12.5 Å². The van der Waals surface area contributed by atoms with Crippen molar-refractivity contribution in [3.8, 4) is 0 Å². The number of benzene rings is 1. The largest absolute Gasteiger partial charge is 0.312 e. The summed E-state index contributed by atoms with van der Waals surface area (Å²) in [6.07, 6.45) is 0. The van der Waals surface area contributed by atoms with E-state index in [-0.39, 0.29) is 18.4 Å². The molecule has 0 saturated carbocycles. The molecule has 19 heavy (non-hydrogen) atoms. The maximum atomic E-state index is 12.5. The third-order valence-electron chi connectivity index (χ3n) is 3.17. The van der Waals surface area contributed by atoms with Crippen LogP contribution in [0.2, 0.25) is 5.02 Å². The number of hydrogen-bond donors (Lipinski definition) is 1. The average molecular weight is 325 g/mol. The van der Waals surface area contributed by atoms with Crippen molar-refractivity contribution in [3.05, 3.63) is 28.8 Å². The van der Waals surface area contributed by atoms with Crippen molar-refractivity contribution in [2.45, 2.75) is 24.8 Å². The van der Waals surface area contributed by atoms with E-state index in [0.717, 1.165) is 0 Å². The molecule has 0 unspecified atom stereocenters. The van der Waals surface area contributed by atoms with Crippen LogP contribution in [0.5, 0.6) is 0 Å². The Kier molecular flexibility index (Phi) is 5.65. The molecule has 1 aromatic carbocycles. The monoisotopic (exact) mass is 324 g/mol. The van der Waals surface area contributed by atoms with Crippen LogP contribution >= 0.6 is 24.0 Å². The molecule has 1 aliphatic rings. The third-order valence-corrected chi connectivity index (χ3v) is 5.59. The molecule has 1 fully saturated rings. The maximum Gasteiger partial charge on any atom is 0.243 e. The Morgan fingerprint density at radius 3 is 2.74 bits per heavy atom. The van der Waals surface area contributed by atoms with Crippen molar-refractivity contribution in [2.24, 2.45) is 0 Å². The molecule has 4 nitrogen and oxygen atoms in total. The Hall–Kier alpha value is -0.330. The van der Waals surface area contributed by atoms with Gasteiger partial charge in [-0.1, -0.05) is 17.7 Å². The summed E-state index contributed by atoms with van der Waals surface area (Å²) in [4.78, 5) is 0.309. The van der Waals surface area contributed by atoms with E-state index >= 15 is 0 Å². The van der Waals surface area contributed by atoms with Gasteiger partial charge in [0.05, 0.1) is 4.90 Å². The molecule has 1 N–H and O–H groups in total. The molecule has 1 atom stereocenters. The number of sulfonamides is 1. The fourth-order valence-electron chi connectivity index (χ4n) is 2.12. The van der Waals surface area contributed by atoms with Crippen LogP contribution in [-0.2, 0) is 10.0 Å². The Morgan fingerprint density at radius 2 is 2.11 bits per heavy atom. The van der Waals surface area contributed by atoms with E-state index in [1.54, 1.807) is 25.1 Å². The normalized spacial score (nSPS) is 20.9. The molecule has 1 aromatic rings. The lowest BCUT2D eigenvalue weighted by Crippen LogP contribution is -2.51. The van der Waals surface area contributed by atoms with Gasteiger partial charge in [0.15, 0.2) is 0 Å². The van der Waals surface area contributed by atoms with E-state index < -0.39 is 10.0 Å². The Morgan fingerprint density at radius 1 is 1.42 bits per heavy atom. The molecular weight excluding hydrogens is 307 g/mol. The van der Waals surface area contributed by atoms with Gasteiger partial charge >= 0.3 is 0 Å². The number of halogens is 2. The Bertz CT molecular complexity index is 549. The molecule has 0 bridgehead atoms. The summed E-state index contributed by atoms with van der Waals surface area (Å²) in [5.74, 6) is 0. The van der Waals surface area contributed by atoms with E-state index in [1.165, 1.54) is 4.31 Å². The zero-order chi connectivity index (χ0) is 13.3. The summed E-state index contributed by atoms with van der Waals surface area (Å²) in [5.41, 5.74) is 0.616. The molecule has 1 saturated heterocycles. The van der Waals surface area contributed by atoms with E-state index in [1.807, 2.05) is 6.92 Å². The molecule has 0 amide bonds. The van der Waals surface area contributed by atoms with Gasteiger partial charge in [0, 0.05) is 30.7 Å². The SMILES string of the molecule is Cc1c(Cl)cccc1S(=O)(=O)N1CCN[C@H](C)C1.Cl. The lowest BCUT2D eigenvalue weighted by Gasteiger charge is -2.31. The zero-order valence-electron chi connectivity index (χ0n) is 10.9. The maximum absolute atomic E-state index is 12.5. The number of hydrogen-bond acceptors (Lipinski definition) is 3. The lowest BCUT2D eigenvalue weighted by atomic mass is 10.2. The quantitative estimate of drug-likeness (QED) is 0.905. The van der Waals surface area contributed by atoms with Crippen LogP contribution in [0.4, 0.5) is 0 Å². The third kappa shape index (κ3) is 3.41. The minimum absolute atomic E-state index is 0. The fourth-order valence-corrected chi connectivity index (χ4v) is 4.13. The molecule has 0 spiro atoms. The Balaban J connectivity index is 0.00000180. The van der Waals surface area contributed by atoms with E-state index in [2.05, 4.69) is 5.32 Å². The van der Waals surface area contributed by atoms with Gasteiger partial charge in [0.1, 0.15) is 0 Å². The van der Waals surface area contributed by atoms with E-state index in [9.17, 15) is 8.42 Å². The van der Waals surface area contributed by atoms with Gasteiger partial charge in [0.25, 0.3) is 0 Å². The molecule has 0 radical (unpaired) electrons.